The summed E-state index contributed by atoms with van der Waals surface area (Å²) >= 11 is 3.54. The van der Waals surface area contributed by atoms with Crippen molar-refractivity contribution < 1.29 is 8.78 Å². The minimum atomic E-state index is -0.402. The molecule has 0 saturated carbocycles. The summed E-state index contributed by atoms with van der Waals surface area (Å²) in [5.74, 6) is -0.678. The molecule has 1 unspecified atom stereocenters. The Labute approximate surface area is 132 Å². The molecule has 112 valence electrons. The van der Waals surface area contributed by atoms with E-state index in [1.165, 1.54) is 12.1 Å². The standard InChI is InChI=1S/C17H18BrF2N/c1-2-21-11-13(15-5-3-4-6-16(15)18)9-12-10-14(19)7-8-17(12)20/h3-8,10,13,21H,2,9,11H2,1H3. The van der Waals surface area contributed by atoms with Crippen LogP contribution in [0.5, 0.6) is 0 Å². The van der Waals surface area contributed by atoms with Crippen molar-refractivity contribution in [2.75, 3.05) is 13.1 Å². The molecule has 0 aliphatic heterocycles. The molecule has 2 rings (SSSR count). The molecule has 0 bridgehead atoms. The lowest BCUT2D eigenvalue weighted by molar-refractivity contribution is 0.550. The van der Waals surface area contributed by atoms with Gasteiger partial charge < -0.3 is 5.32 Å². The number of nitrogens with one attached hydrogen (secondary N) is 1. The van der Waals surface area contributed by atoms with E-state index in [9.17, 15) is 8.78 Å². The van der Waals surface area contributed by atoms with Gasteiger partial charge in [-0.25, -0.2) is 8.78 Å². The van der Waals surface area contributed by atoms with Gasteiger partial charge >= 0.3 is 0 Å². The van der Waals surface area contributed by atoms with Gasteiger partial charge in [0.15, 0.2) is 0 Å². The van der Waals surface area contributed by atoms with Crippen LogP contribution in [0.3, 0.4) is 0 Å². The monoisotopic (exact) mass is 353 g/mol. The molecule has 0 aliphatic rings. The van der Waals surface area contributed by atoms with Crippen molar-refractivity contribution >= 4 is 15.9 Å². The molecule has 1 N–H and O–H groups in total. The maximum atomic E-state index is 13.9. The van der Waals surface area contributed by atoms with Gasteiger partial charge in [0.1, 0.15) is 11.6 Å². The maximum Gasteiger partial charge on any atom is 0.126 e. The number of halogens is 3. The van der Waals surface area contributed by atoms with Gasteiger partial charge in [0.05, 0.1) is 0 Å². The Bertz CT molecular complexity index is 601. The second kappa shape index (κ2) is 7.66. The average Bonchev–Trinajstić information content (AvgIpc) is 2.48. The van der Waals surface area contributed by atoms with Crippen molar-refractivity contribution in [3.63, 3.8) is 0 Å². The Morgan fingerprint density at radius 1 is 1.14 bits per heavy atom. The van der Waals surface area contributed by atoms with E-state index in [1.807, 2.05) is 31.2 Å². The van der Waals surface area contributed by atoms with Crippen molar-refractivity contribution in [2.45, 2.75) is 19.3 Å². The van der Waals surface area contributed by atoms with E-state index >= 15 is 0 Å². The van der Waals surface area contributed by atoms with Crippen LogP contribution in [0.2, 0.25) is 0 Å². The zero-order chi connectivity index (χ0) is 15.2. The fraction of sp³-hybridized carbons (Fsp3) is 0.294. The Morgan fingerprint density at radius 3 is 2.62 bits per heavy atom. The maximum absolute atomic E-state index is 13.9. The van der Waals surface area contributed by atoms with Gasteiger partial charge in [-0.05, 0) is 48.4 Å². The summed E-state index contributed by atoms with van der Waals surface area (Å²) in [7, 11) is 0. The predicted octanol–water partition coefficient (Wildman–Crippen LogP) is 4.66. The van der Waals surface area contributed by atoms with E-state index in [4.69, 9.17) is 0 Å². The van der Waals surface area contributed by atoms with E-state index in [0.717, 1.165) is 29.2 Å². The van der Waals surface area contributed by atoms with E-state index in [2.05, 4.69) is 21.2 Å². The third kappa shape index (κ3) is 4.35. The number of hydrogen-bond acceptors (Lipinski definition) is 1. The molecule has 2 aromatic carbocycles. The molecule has 2 aromatic rings. The zero-order valence-electron chi connectivity index (χ0n) is 11.9. The van der Waals surface area contributed by atoms with Gasteiger partial charge in [0.25, 0.3) is 0 Å². The lowest BCUT2D eigenvalue weighted by atomic mass is 9.91. The van der Waals surface area contributed by atoms with Crippen LogP contribution in [0.25, 0.3) is 0 Å². The van der Waals surface area contributed by atoms with Crippen LogP contribution >= 0.6 is 15.9 Å². The summed E-state index contributed by atoms with van der Waals surface area (Å²) in [4.78, 5) is 0. The van der Waals surface area contributed by atoms with Crippen LogP contribution in [-0.2, 0) is 6.42 Å². The van der Waals surface area contributed by atoms with Crippen molar-refractivity contribution in [2.24, 2.45) is 0 Å². The van der Waals surface area contributed by atoms with Gasteiger partial charge in [0, 0.05) is 16.9 Å². The molecule has 0 radical (unpaired) electrons. The van der Waals surface area contributed by atoms with E-state index in [-0.39, 0.29) is 11.7 Å². The first-order chi connectivity index (χ1) is 10.1. The summed E-state index contributed by atoms with van der Waals surface area (Å²) in [6.07, 6.45) is 0.458. The first kappa shape index (κ1) is 16.1. The van der Waals surface area contributed by atoms with E-state index < -0.39 is 5.82 Å². The lowest BCUT2D eigenvalue weighted by Crippen LogP contribution is -2.23. The number of rotatable bonds is 6. The molecule has 21 heavy (non-hydrogen) atoms. The predicted molar refractivity (Wildman–Crippen MR) is 85.5 cm³/mol. The minimum Gasteiger partial charge on any atom is -0.316 e. The Balaban J connectivity index is 2.28. The van der Waals surface area contributed by atoms with Gasteiger partial charge in [-0.15, -0.1) is 0 Å². The highest BCUT2D eigenvalue weighted by atomic mass is 79.9. The Morgan fingerprint density at radius 2 is 1.90 bits per heavy atom. The first-order valence-electron chi connectivity index (χ1n) is 7.01. The Hall–Kier alpha value is -1.26. The molecule has 0 aliphatic carbocycles. The lowest BCUT2D eigenvalue weighted by Gasteiger charge is -2.20. The highest BCUT2D eigenvalue weighted by Crippen LogP contribution is 2.28. The zero-order valence-corrected chi connectivity index (χ0v) is 13.5. The van der Waals surface area contributed by atoms with E-state index in [0.29, 0.717) is 12.0 Å². The summed E-state index contributed by atoms with van der Waals surface area (Å²) in [5.41, 5.74) is 1.51. The van der Waals surface area contributed by atoms with Crippen molar-refractivity contribution in [1.82, 2.24) is 5.32 Å². The van der Waals surface area contributed by atoms with Crippen LogP contribution < -0.4 is 5.32 Å². The Kier molecular flexibility index (Phi) is 5.88. The smallest absolute Gasteiger partial charge is 0.126 e. The second-order valence-electron chi connectivity index (χ2n) is 4.97. The van der Waals surface area contributed by atoms with Crippen molar-refractivity contribution in [3.8, 4) is 0 Å². The first-order valence-corrected chi connectivity index (χ1v) is 7.80. The summed E-state index contributed by atoms with van der Waals surface area (Å²) in [5, 5.41) is 3.29. The quantitative estimate of drug-likeness (QED) is 0.795. The topological polar surface area (TPSA) is 12.0 Å². The SMILES string of the molecule is CCNCC(Cc1cc(F)ccc1F)c1ccccc1Br. The molecule has 1 atom stereocenters. The van der Waals surface area contributed by atoms with Gasteiger partial charge in [-0.3, -0.25) is 0 Å². The number of benzene rings is 2. The van der Waals surface area contributed by atoms with Gasteiger partial charge in [-0.1, -0.05) is 41.1 Å². The van der Waals surface area contributed by atoms with Gasteiger partial charge in [-0.2, -0.15) is 0 Å². The van der Waals surface area contributed by atoms with Crippen LogP contribution in [0.4, 0.5) is 8.78 Å². The number of likely N-dealkylation sites (N-methyl/N-ethyl adjacent to an activating group) is 1. The second-order valence-corrected chi connectivity index (χ2v) is 5.82. The summed E-state index contributed by atoms with van der Waals surface area (Å²) < 4.78 is 28.2. The highest BCUT2D eigenvalue weighted by molar-refractivity contribution is 9.10. The van der Waals surface area contributed by atoms with Crippen LogP contribution in [0.1, 0.15) is 24.0 Å². The van der Waals surface area contributed by atoms with Crippen LogP contribution in [0.15, 0.2) is 46.9 Å². The molecule has 4 heteroatoms. The minimum absolute atomic E-state index is 0.0804. The van der Waals surface area contributed by atoms with Crippen LogP contribution in [-0.4, -0.2) is 13.1 Å². The number of hydrogen-bond donors (Lipinski definition) is 1. The van der Waals surface area contributed by atoms with Crippen molar-refractivity contribution in [1.29, 1.82) is 0 Å². The fourth-order valence-electron chi connectivity index (χ4n) is 2.38. The molecule has 0 heterocycles. The third-order valence-electron chi connectivity index (χ3n) is 3.46. The summed E-state index contributed by atoms with van der Waals surface area (Å²) in [6, 6.07) is 11.5. The van der Waals surface area contributed by atoms with Gasteiger partial charge in [0.2, 0.25) is 0 Å². The molecule has 0 fully saturated rings. The highest BCUT2D eigenvalue weighted by Gasteiger charge is 2.17. The molecular weight excluding hydrogens is 336 g/mol. The summed E-state index contributed by atoms with van der Waals surface area (Å²) in [6.45, 7) is 3.58. The fourth-order valence-corrected chi connectivity index (χ4v) is 2.99. The molecule has 1 nitrogen and oxygen atoms in total. The van der Waals surface area contributed by atoms with Crippen LogP contribution in [0, 0.1) is 11.6 Å². The molecule has 0 aromatic heterocycles. The largest absolute Gasteiger partial charge is 0.316 e. The molecule has 0 saturated heterocycles. The normalized spacial score (nSPS) is 12.4. The third-order valence-corrected chi connectivity index (χ3v) is 4.18. The van der Waals surface area contributed by atoms with Crippen molar-refractivity contribution in [3.05, 3.63) is 69.7 Å². The molecule has 0 spiro atoms. The average molecular weight is 354 g/mol. The molecule has 0 amide bonds. The molecular formula is C17H18BrF2N. The van der Waals surface area contributed by atoms with E-state index in [1.54, 1.807) is 0 Å².